The number of aliphatic hydroxyl groups excluding tert-OH is 1. The summed E-state index contributed by atoms with van der Waals surface area (Å²) >= 11 is 0. The van der Waals surface area contributed by atoms with Crippen molar-refractivity contribution in [3.63, 3.8) is 0 Å². The Morgan fingerprint density at radius 3 is 2.80 bits per heavy atom. The van der Waals surface area contributed by atoms with Crippen LogP contribution in [-0.4, -0.2) is 36.7 Å². The zero-order chi connectivity index (χ0) is 13.9. The second kappa shape index (κ2) is 5.22. The molecule has 0 fully saturated rings. The van der Waals surface area contributed by atoms with Gasteiger partial charge in [0.1, 0.15) is 5.82 Å². The molecule has 3 rings (SSSR count). The van der Waals surface area contributed by atoms with Crippen LogP contribution < -0.4 is 5.56 Å². The molecular weight excluding hydrogens is 258 g/mol. The summed E-state index contributed by atoms with van der Waals surface area (Å²) in [6.07, 6.45) is 0.535. The Kier molecular flexibility index (Phi) is 3.26. The Morgan fingerprint density at radius 1 is 1.25 bits per heavy atom. The molecule has 0 saturated carbocycles. The molecule has 2 N–H and O–H groups in total. The van der Waals surface area contributed by atoms with E-state index in [-0.39, 0.29) is 17.7 Å². The molecule has 7 nitrogen and oxygen atoms in total. The molecule has 0 atom stereocenters. The molecule has 102 valence electrons. The Morgan fingerprint density at radius 2 is 2.05 bits per heavy atom. The number of nitrogens with zero attached hydrogens (tertiary/aromatic N) is 4. The Hall–Kier alpha value is -2.54. The SMILES string of the molecule is O=c1[nH]c(-c2ccccc2)nc2c1nnn2CCCO. The van der Waals surface area contributed by atoms with Crippen LogP contribution in [0.5, 0.6) is 0 Å². The number of aromatic nitrogens is 5. The Balaban J connectivity index is 2.14. The molecule has 0 amide bonds. The first-order valence-electron chi connectivity index (χ1n) is 6.29. The minimum atomic E-state index is -0.316. The number of aromatic amines is 1. The Labute approximate surface area is 113 Å². The monoisotopic (exact) mass is 271 g/mol. The maximum absolute atomic E-state index is 12.0. The van der Waals surface area contributed by atoms with Gasteiger partial charge in [-0.3, -0.25) is 4.79 Å². The summed E-state index contributed by atoms with van der Waals surface area (Å²) < 4.78 is 1.53. The van der Waals surface area contributed by atoms with E-state index in [1.165, 1.54) is 4.68 Å². The average molecular weight is 271 g/mol. The van der Waals surface area contributed by atoms with Crippen LogP contribution in [0.3, 0.4) is 0 Å². The number of rotatable bonds is 4. The van der Waals surface area contributed by atoms with Crippen LogP contribution in [-0.2, 0) is 6.54 Å². The normalized spacial score (nSPS) is 11.1. The number of H-pyrrole nitrogens is 1. The number of nitrogens with one attached hydrogen (secondary N) is 1. The number of hydrogen-bond donors (Lipinski definition) is 2. The standard InChI is InChI=1S/C13H13N5O2/c19-8-4-7-18-12-10(16-17-18)13(20)15-11(14-12)9-5-2-1-3-6-9/h1-3,5-6,19H,4,7-8H2,(H,14,15,20). The van der Waals surface area contributed by atoms with E-state index in [0.29, 0.717) is 24.4 Å². The number of aryl methyl sites for hydroxylation is 1. The predicted octanol–water partition coefficient (Wildman–Crippen LogP) is 0.564. The number of hydrogen-bond acceptors (Lipinski definition) is 5. The summed E-state index contributed by atoms with van der Waals surface area (Å²) in [7, 11) is 0. The largest absolute Gasteiger partial charge is 0.396 e. The fourth-order valence-corrected chi connectivity index (χ4v) is 1.97. The van der Waals surface area contributed by atoms with Crippen LogP contribution in [0.2, 0.25) is 0 Å². The van der Waals surface area contributed by atoms with Crippen LogP contribution in [0, 0.1) is 0 Å². The second-order valence-electron chi connectivity index (χ2n) is 4.34. The highest BCUT2D eigenvalue weighted by Crippen LogP contribution is 2.14. The Bertz CT molecular complexity index is 778. The first kappa shape index (κ1) is 12.5. The predicted molar refractivity (Wildman–Crippen MR) is 73.1 cm³/mol. The van der Waals surface area contributed by atoms with Gasteiger partial charge < -0.3 is 10.1 Å². The maximum atomic E-state index is 12.0. The molecule has 0 aliphatic carbocycles. The molecular formula is C13H13N5O2. The van der Waals surface area contributed by atoms with Gasteiger partial charge in [0.2, 0.25) is 0 Å². The average Bonchev–Trinajstić information content (AvgIpc) is 2.89. The minimum Gasteiger partial charge on any atom is -0.396 e. The van der Waals surface area contributed by atoms with Gasteiger partial charge >= 0.3 is 0 Å². The molecule has 0 spiro atoms. The van der Waals surface area contributed by atoms with E-state index >= 15 is 0 Å². The van der Waals surface area contributed by atoms with Gasteiger partial charge in [0.25, 0.3) is 5.56 Å². The third kappa shape index (κ3) is 2.19. The van der Waals surface area contributed by atoms with Gasteiger partial charge in [0.05, 0.1) is 0 Å². The van der Waals surface area contributed by atoms with Crippen LogP contribution in [0.1, 0.15) is 6.42 Å². The molecule has 2 heterocycles. The summed E-state index contributed by atoms with van der Waals surface area (Å²) in [6, 6.07) is 9.38. The quantitative estimate of drug-likeness (QED) is 0.723. The molecule has 0 saturated heterocycles. The number of fused-ring (bicyclic) bond motifs is 1. The maximum Gasteiger partial charge on any atom is 0.281 e. The molecule has 0 unspecified atom stereocenters. The zero-order valence-electron chi connectivity index (χ0n) is 10.7. The van der Waals surface area contributed by atoms with Gasteiger partial charge in [-0.05, 0) is 6.42 Å². The molecule has 1 aromatic carbocycles. The first-order valence-corrected chi connectivity index (χ1v) is 6.29. The molecule has 7 heteroatoms. The van der Waals surface area contributed by atoms with Crippen LogP contribution in [0.25, 0.3) is 22.6 Å². The third-order valence-electron chi connectivity index (χ3n) is 2.95. The molecule has 2 aromatic heterocycles. The second-order valence-corrected chi connectivity index (χ2v) is 4.34. The van der Waals surface area contributed by atoms with Crippen molar-refractivity contribution in [1.82, 2.24) is 25.0 Å². The van der Waals surface area contributed by atoms with Gasteiger partial charge in [0, 0.05) is 18.7 Å². The van der Waals surface area contributed by atoms with Crippen molar-refractivity contribution in [3.8, 4) is 11.4 Å². The highest BCUT2D eigenvalue weighted by molar-refractivity contribution is 5.71. The fourth-order valence-electron chi connectivity index (χ4n) is 1.97. The zero-order valence-corrected chi connectivity index (χ0v) is 10.7. The molecule has 20 heavy (non-hydrogen) atoms. The van der Waals surface area contributed by atoms with Crippen molar-refractivity contribution in [2.24, 2.45) is 0 Å². The minimum absolute atomic E-state index is 0.0517. The van der Waals surface area contributed by atoms with Gasteiger partial charge in [0.15, 0.2) is 11.2 Å². The third-order valence-corrected chi connectivity index (χ3v) is 2.95. The van der Waals surface area contributed by atoms with Gasteiger partial charge in [-0.1, -0.05) is 35.5 Å². The fraction of sp³-hybridized carbons (Fsp3) is 0.231. The molecule has 0 radical (unpaired) electrons. The van der Waals surface area contributed by atoms with Gasteiger partial charge in [-0.2, -0.15) is 0 Å². The summed E-state index contributed by atoms with van der Waals surface area (Å²) in [5.41, 5.74) is 1.15. The highest BCUT2D eigenvalue weighted by atomic mass is 16.3. The first-order chi connectivity index (χ1) is 9.79. The summed E-state index contributed by atoms with van der Waals surface area (Å²) in [4.78, 5) is 19.1. The van der Waals surface area contributed by atoms with Crippen molar-refractivity contribution in [2.75, 3.05) is 6.61 Å². The van der Waals surface area contributed by atoms with Crippen LogP contribution in [0.15, 0.2) is 35.1 Å². The molecule has 0 bridgehead atoms. The molecule has 0 aliphatic rings. The lowest BCUT2D eigenvalue weighted by Crippen LogP contribution is -2.11. The summed E-state index contributed by atoms with van der Waals surface area (Å²) in [6.45, 7) is 0.522. The van der Waals surface area contributed by atoms with Gasteiger partial charge in [-0.15, -0.1) is 5.10 Å². The lowest BCUT2D eigenvalue weighted by atomic mass is 10.2. The van der Waals surface area contributed by atoms with Crippen molar-refractivity contribution in [3.05, 3.63) is 40.7 Å². The van der Waals surface area contributed by atoms with Gasteiger partial charge in [-0.25, -0.2) is 9.67 Å². The molecule has 0 aliphatic heterocycles. The van der Waals surface area contributed by atoms with E-state index in [9.17, 15) is 4.79 Å². The topological polar surface area (TPSA) is 96.7 Å². The van der Waals surface area contributed by atoms with Crippen LogP contribution >= 0.6 is 0 Å². The van der Waals surface area contributed by atoms with E-state index in [1.807, 2.05) is 30.3 Å². The van der Waals surface area contributed by atoms with E-state index < -0.39 is 0 Å². The lowest BCUT2D eigenvalue weighted by molar-refractivity contribution is 0.277. The summed E-state index contributed by atoms with van der Waals surface area (Å²) in [5.74, 6) is 0.482. The smallest absolute Gasteiger partial charge is 0.281 e. The molecule has 3 aromatic rings. The van der Waals surface area contributed by atoms with E-state index in [1.54, 1.807) is 0 Å². The van der Waals surface area contributed by atoms with E-state index in [0.717, 1.165) is 5.56 Å². The van der Waals surface area contributed by atoms with Crippen molar-refractivity contribution in [2.45, 2.75) is 13.0 Å². The van der Waals surface area contributed by atoms with Crippen LogP contribution in [0.4, 0.5) is 0 Å². The van der Waals surface area contributed by atoms with Crippen molar-refractivity contribution in [1.29, 1.82) is 0 Å². The number of benzene rings is 1. The number of aliphatic hydroxyl groups is 1. The van der Waals surface area contributed by atoms with Crippen molar-refractivity contribution < 1.29 is 5.11 Å². The van der Waals surface area contributed by atoms with Crippen molar-refractivity contribution >= 4 is 11.2 Å². The summed E-state index contributed by atoms with van der Waals surface area (Å²) in [5, 5.41) is 16.6. The van der Waals surface area contributed by atoms with E-state index in [4.69, 9.17) is 5.11 Å². The highest BCUT2D eigenvalue weighted by Gasteiger charge is 2.12. The lowest BCUT2D eigenvalue weighted by Gasteiger charge is -2.02. The van der Waals surface area contributed by atoms with E-state index in [2.05, 4.69) is 20.3 Å².